The Morgan fingerprint density at radius 3 is 1.30 bits per heavy atom. The van der Waals surface area contributed by atoms with Crippen LogP contribution in [-0.4, -0.2) is 26.3 Å². The summed E-state index contributed by atoms with van der Waals surface area (Å²) in [6.07, 6.45) is 25.2. The van der Waals surface area contributed by atoms with Crippen LogP contribution in [-0.2, 0) is 14.3 Å². The third-order valence-electron chi connectivity index (χ3n) is 5.28. The molecule has 0 aliphatic heterocycles. The average molecular weight is 385 g/mol. The molecule has 0 atom stereocenters. The molecular formula is C24H48O3. The standard InChI is InChI=1S/C24H48O3/c1-3-4-5-6-7-8-9-10-11-12-13-14-15-16-17-18-19-20-21-24(25)27-23-22-26-2/h3-23H2,1-2H3. The zero-order valence-corrected chi connectivity index (χ0v) is 18.6. The van der Waals surface area contributed by atoms with Crippen molar-refractivity contribution in [3.63, 3.8) is 0 Å². The minimum atomic E-state index is -0.0801. The lowest BCUT2D eigenvalue weighted by atomic mass is 10.0. The maximum Gasteiger partial charge on any atom is 0.305 e. The zero-order valence-electron chi connectivity index (χ0n) is 18.6. The van der Waals surface area contributed by atoms with E-state index in [9.17, 15) is 4.79 Å². The van der Waals surface area contributed by atoms with Crippen molar-refractivity contribution >= 4 is 5.97 Å². The number of hydrogen-bond donors (Lipinski definition) is 0. The van der Waals surface area contributed by atoms with Gasteiger partial charge in [-0.1, -0.05) is 116 Å². The van der Waals surface area contributed by atoms with Gasteiger partial charge in [0.15, 0.2) is 0 Å². The molecule has 0 saturated carbocycles. The molecule has 0 rings (SSSR count). The van der Waals surface area contributed by atoms with E-state index in [1.54, 1.807) is 7.11 Å². The number of esters is 1. The Kier molecular flexibility index (Phi) is 23.0. The second kappa shape index (κ2) is 23.5. The van der Waals surface area contributed by atoms with Crippen LogP contribution in [0.3, 0.4) is 0 Å². The molecule has 0 fully saturated rings. The van der Waals surface area contributed by atoms with Gasteiger partial charge in [-0.3, -0.25) is 4.79 Å². The van der Waals surface area contributed by atoms with E-state index in [2.05, 4.69) is 6.92 Å². The summed E-state index contributed by atoms with van der Waals surface area (Å²) in [5, 5.41) is 0. The number of carbonyl (C=O) groups is 1. The van der Waals surface area contributed by atoms with Crippen LogP contribution >= 0.6 is 0 Å². The van der Waals surface area contributed by atoms with Crippen molar-refractivity contribution in [3.05, 3.63) is 0 Å². The lowest BCUT2D eigenvalue weighted by molar-refractivity contribution is -0.145. The predicted molar refractivity (Wildman–Crippen MR) is 116 cm³/mol. The Bertz CT molecular complexity index is 291. The SMILES string of the molecule is CCCCCCCCCCCCCCCCCCCCC(=O)OCCOC. The fraction of sp³-hybridized carbons (Fsp3) is 0.958. The highest BCUT2D eigenvalue weighted by molar-refractivity contribution is 5.69. The number of methoxy groups -OCH3 is 1. The Labute approximate surface area is 170 Å². The van der Waals surface area contributed by atoms with Crippen molar-refractivity contribution < 1.29 is 14.3 Å². The van der Waals surface area contributed by atoms with Crippen LogP contribution in [0.2, 0.25) is 0 Å². The van der Waals surface area contributed by atoms with Crippen LogP contribution in [0.25, 0.3) is 0 Å². The van der Waals surface area contributed by atoms with Crippen LogP contribution in [0, 0.1) is 0 Å². The monoisotopic (exact) mass is 384 g/mol. The second-order valence-corrected chi connectivity index (χ2v) is 7.97. The molecule has 0 heterocycles. The Morgan fingerprint density at radius 2 is 0.926 bits per heavy atom. The van der Waals surface area contributed by atoms with Gasteiger partial charge in [0.2, 0.25) is 0 Å². The first-order valence-corrected chi connectivity index (χ1v) is 12.0. The summed E-state index contributed by atoms with van der Waals surface area (Å²) < 4.78 is 9.91. The quantitative estimate of drug-likeness (QED) is 0.142. The molecule has 0 aliphatic carbocycles. The molecule has 0 aliphatic rings. The zero-order chi connectivity index (χ0) is 19.8. The fourth-order valence-corrected chi connectivity index (χ4v) is 3.48. The molecule has 0 aromatic rings. The Balaban J connectivity index is 3.06. The minimum absolute atomic E-state index is 0.0801. The van der Waals surface area contributed by atoms with E-state index in [4.69, 9.17) is 9.47 Å². The van der Waals surface area contributed by atoms with E-state index in [0.29, 0.717) is 19.6 Å². The van der Waals surface area contributed by atoms with Crippen molar-refractivity contribution in [2.75, 3.05) is 20.3 Å². The maximum atomic E-state index is 11.4. The molecule has 0 amide bonds. The lowest BCUT2D eigenvalue weighted by Gasteiger charge is -2.05. The molecule has 3 nitrogen and oxygen atoms in total. The van der Waals surface area contributed by atoms with Gasteiger partial charge in [-0.2, -0.15) is 0 Å². The number of carbonyl (C=O) groups excluding carboxylic acids is 1. The molecule has 0 spiro atoms. The normalized spacial score (nSPS) is 11.0. The first kappa shape index (κ1) is 26.4. The summed E-state index contributed by atoms with van der Waals surface area (Å²) in [5.74, 6) is -0.0801. The summed E-state index contributed by atoms with van der Waals surface area (Å²) in [6, 6.07) is 0. The third-order valence-corrected chi connectivity index (χ3v) is 5.28. The Hall–Kier alpha value is -0.570. The van der Waals surface area contributed by atoms with E-state index in [1.807, 2.05) is 0 Å². The van der Waals surface area contributed by atoms with Crippen molar-refractivity contribution in [3.8, 4) is 0 Å². The molecule has 0 N–H and O–H groups in total. The van der Waals surface area contributed by atoms with Gasteiger partial charge in [0.05, 0.1) is 6.61 Å². The highest BCUT2D eigenvalue weighted by Crippen LogP contribution is 2.14. The largest absolute Gasteiger partial charge is 0.463 e. The molecule has 0 bridgehead atoms. The van der Waals surface area contributed by atoms with Gasteiger partial charge < -0.3 is 9.47 Å². The highest BCUT2D eigenvalue weighted by atomic mass is 16.6. The van der Waals surface area contributed by atoms with E-state index >= 15 is 0 Å². The van der Waals surface area contributed by atoms with Crippen molar-refractivity contribution in [1.29, 1.82) is 0 Å². The van der Waals surface area contributed by atoms with Gasteiger partial charge in [-0.05, 0) is 6.42 Å². The van der Waals surface area contributed by atoms with Crippen LogP contribution in [0.15, 0.2) is 0 Å². The van der Waals surface area contributed by atoms with Crippen LogP contribution in [0.4, 0.5) is 0 Å². The lowest BCUT2D eigenvalue weighted by Crippen LogP contribution is -2.09. The van der Waals surface area contributed by atoms with Crippen molar-refractivity contribution in [1.82, 2.24) is 0 Å². The van der Waals surface area contributed by atoms with E-state index in [1.165, 1.54) is 103 Å². The smallest absolute Gasteiger partial charge is 0.305 e. The van der Waals surface area contributed by atoms with Gasteiger partial charge in [0, 0.05) is 13.5 Å². The number of ether oxygens (including phenoxy) is 2. The molecule has 0 unspecified atom stereocenters. The van der Waals surface area contributed by atoms with Crippen molar-refractivity contribution in [2.45, 2.75) is 129 Å². The first-order valence-electron chi connectivity index (χ1n) is 12.0. The first-order chi connectivity index (χ1) is 13.3. The summed E-state index contributed by atoms with van der Waals surface area (Å²) in [5.41, 5.74) is 0. The molecular weight excluding hydrogens is 336 g/mol. The maximum absolute atomic E-state index is 11.4. The fourth-order valence-electron chi connectivity index (χ4n) is 3.48. The van der Waals surface area contributed by atoms with Gasteiger partial charge in [0.25, 0.3) is 0 Å². The molecule has 162 valence electrons. The predicted octanol–water partition coefficient (Wildman–Crippen LogP) is 7.61. The van der Waals surface area contributed by atoms with Crippen LogP contribution < -0.4 is 0 Å². The van der Waals surface area contributed by atoms with Crippen LogP contribution in [0.5, 0.6) is 0 Å². The molecule has 0 radical (unpaired) electrons. The van der Waals surface area contributed by atoms with Crippen LogP contribution in [0.1, 0.15) is 129 Å². The molecule has 0 aromatic carbocycles. The van der Waals surface area contributed by atoms with E-state index in [-0.39, 0.29) is 5.97 Å². The highest BCUT2D eigenvalue weighted by Gasteiger charge is 2.02. The van der Waals surface area contributed by atoms with Gasteiger partial charge in [-0.25, -0.2) is 0 Å². The third kappa shape index (κ3) is 23.4. The summed E-state index contributed by atoms with van der Waals surface area (Å²) >= 11 is 0. The summed E-state index contributed by atoms with van der Waals surface area (Å²) in [7, 11) is 1.62. The molecule has 27 heavy (non-hydrogen) atoms. The number of unbranched alkanes of at least 4 members (excludes halogenated alkanes) is 17. The average Bonchev–Trinajstić information content (AvgIpc) is 2.67. The minimum Gasteiger partial charge on any atom is -0.463 e. The molecule has 0 aromatic heterocycles. The molecule has 0 saturated heterocycles. The van der Waals surface area contributed by atoms with Gasteiger partial charge in [-0.15, -0.1) is 0 Å². The van der Waals surface area contributed by atoms with E-state index < -0.39 is 0 Å². The molecule has 3 heteroatoms. The Morgan fingerprint density at radius 1 is 0.556 bits per heavy atom. The van der Waals surface area contributed by atoms with Gasteiger partial charge in [0.1, 0.15) is 6.61 Å². The van der Waals surface area contributed by atoms with E-state index in [0.717, 1.165) is 12.8 Å². The topological polar surface area (TPSA) is 35.5 Å². The number of hydrogen-bond acceptors (Lipinski definition) is 3. The number of rotatable bonds is 22. The summed E-state index contributed by atoms with van der Waals surface area (Å²) in [4.78, 5) is 11.4. The van der Waals surface area contributed by atoms with Gasteiger partial charge >= 0.3 is 5.97 Å². The second-order valence-electron chi connectivity index (χ2n) is 7.97. The summed E-state index contributed by atoms with van der Waals surface area (Å²) in [6.45, 7) is 3.16. The van der Waals surface area contributed by atoms with Crippen molar-refractivity contribution in [2.24, 2.45) is 0 Å².